The first-order valence-corrected chi connectivity index (χ1v) is 14.5. The van der Waals surface area contributed by atoms with Crippen LogP contribution in [0.5, 0.6) is 23.0 Å². The van der Waals surface area contributed by atoms with Crippen LogP contribution in [0.25, 0.3) is 0 Å². The van der Waals surface area contributed by atoms with Crippen LogP contribution >= 0.6 is 11.8 Å². The van der Waals surface area contributed by atoms with Gasteiger partial charge in [0.2, 0.25) is 5.75 Å². The number of allylic oxidation sites excluding steroid dienone is 3. The van der Waals surface area contributed by atoms with E-state index >= 15 is 0 Å². The van der Waals surface area contributed by atoms with Gasteiger partial charge in [-0.25, -0.2) is 4.79 Å². The highest BCUT2D eigenvalue weighted by atomic mass is 32.2. The second-order valence-corrected chi connectivity index (χ2v) is 10.9. The average Bonchev–Trinajstić information content (AvgIpc) is 2.97. The molecule has 0 radical (unpaired) electrons. The number of hydrogen-bond acceptors (Lipinski definition) is 9. The standard InChI is InChI=1S/C31H37NO7S/c1-7-40-15-14-39-31(34)26-18(2)32-22-16-19(20-10-8-9-11-24(20)35-3)17-23(33)28(22)27(26)21-12-13-25(36-4)30(38-6)29(21)37-5/h8-13,19,27,32H,7,14-17H2,1-6H3/t19-,27+/m0/s1. The van der Waals surface area contributed by atoms with E-state index in [9.17, 15) is 9.59 Å². The lowest BCUT2D eigenvalue weighted by molar-refractivity contribution is -0.138. The molecular weight excluding hydrogens is 530 g/mol. The Labute approximate surface area is 240 Å². The maximum atomic E-state index is 14.0. The van der Waals surface area contributed by atoms with Crippen LogP contribution in [0.1, 0.15) is 49.7 Å². The third kappa shape index (κ3) is 5.66. The van der Waals surface area contributed by atoms with Crippen molar-refractivity contribution >= 4 is 23.5 Å². The summed E-state index contributed by atoms with van der Waals surface area (Å²) in [6.07, 6.45) is 0.863. The molecule has 0 saturated carbocycles. The Morgan fingerprint density at radius 3 is 2.33 bits per heavy atom. The summed E-state index contributed by atoms with van der Waals surface area (Å²) in [6.45, 7) is 4.18. The highest BCUT2D eigenvalue weighted by molar-refractivity contribution is 7.99. The molecule has 2 aliphatic rings. The van der Waals surface area contributed by atoms with Crippen molar-refractivity contribution in [2.75, 3.05) is 46.6 Å². The highest BCUT2D eigenvalue weighted by Gasteiger charge is 2.43. The molecule has 2 aromatic rings. The molecule has 0 spiro atoms. The summed E-state index contributed by atoms with van der Waals surface area (Å²) in [6, 6.07) is 11.4. The molecule has 9 heteroatoms. The van der Waals surface area contributed by atoms with Crippen molar-refractivity contribution in [1.82, 2.24) is 5.32 Å². The minimum atomic E-state index is -0.705. The summed E-state index contributed by atoms with van der Waals surface area (Å²) in [4.78, 5) is 27.6. The third-order valence-electron chi connectivity index (χ3n) is 7.34. The van der Waals surface area contributed by atoms with Gasteiger partial charge in [0.1, 0.15) is 12.4 Å². The maximum absolute atomic E-state index is 14.0. The molecule has 0 bridgehead atoms. The van der Waals surface area contributed by atoms with Gasteiger partial charge >= 0.3 is 5.97 Å². The quantitative estimate of drug-likeness (QED) is 0.284. The van der Waals surface area contributed by atoms with Crippen LogP contribution in [0.2, 0.25) is 0 Å². The Balaban J connectivity index is 1.84. The minimum Gasteiger partial charge on any atom is -0.496 e. The Bertz CT molecular complexity index is 1330. The molecule has 2 atom stereocenters. The number of methoxy groups -OCH3 is 4. The van der Waals surface area contributed by atoms with Gasteiger partial charge in [0.15, 0.2) is 17.3 Å². The normalized spacial score (nSPS) is 18.6. The first-order chi connectivity index (χ1) is 19.4. The number of hydrogen-bond donors (Lipinski definition) is 1. The average molecular weight is 568 g/mol. The van der Waals surface area contributed by atoms with Gasteiger partial charge in [-0.05, 0) is 36.8 Å². The second kappa shape index (κ2) is 13.2. The van der Waals surface area contributed by atoms with Gasteiger partial charge in [0.05, 0.1) is 39.9 Å². The Morgan fingerprint density at radius 2 is 1.65 bits per heavy atom. The molecule has 214 valence electrons. The smallest absolute Gasteiger partial charge is 0.336 e. The Kier molecular flexibility index (Phi) is 9.68. The fourth-order valence-electron chi connectivity index (χ4n) is 5.61. The van der Waals surface area contributed by atoms with Crippen LogP contribution < -0.4 is 24.3 Å². The number of nitrogens with one attached hydrogen (secondary N) is 1. The molecule has 8 nitrogen and oxygen atoms in total. The van der Waals surface area contributed by atoms with E-state index in [4.69, 9.17) is 23.7 Å². The largest absolute Gasteiger partial charge is 0.496 e. The van der Waals surface area contributed by atoms with Crippen molar-refractivity contribution in [2.24, 2.45) is 0 Å². The molecule has 1 N–H and O–H groups in total. The molecule has 1 heterocycles. The van der Waals surface area contributed by atoms with Gasteiger partial charge in [-0.1, -0.05) is 31.2 Å². The molecule has 40 heavy (non-hydrogen) atoms. The predicted molar refractivity (Wildman–Crippen MR) is 156 cm³/mol. The van der Waals surface area contributed by atoms with Crippen molar-refractivity contribution in [1.29, 1.82) is 0 Å². The lowest BCUT2D eigenvalue weighted by Crippen LogP contribution is -2.36. The van der Waals surface area contributed by atoms with Crippen molar-refractivity contribution in [2.45, 2.75) is 38.5 Å². The first-order valence-electron chi connectivity index (χ1n) is 13.3. The molecule has 1 aliphatic heterocycles. The van der Waals surface area contributed by atoms with E-state index in [1.165, 1.54) is 14.2 Å². The zero-order valence-electron chi connectivity index (χ0n) is 23.9. The molecular formula is C31H37NO7S. The number of dihydropyridines is 1. The number of thioether (sulfide) groups is 1. The van der Waals surface area contributed by atoms with E-state index in [1.54, 1.807) is 32.0 Å². The van der Waals surface area contributed by atoms with Gasteiger partial charge in [0, 0.05) is 40.6 Å². The number of rotatable bonds is 11. The molecule has 0 aromatic heterocycles. The second-order valence-electron chi connectivity index (χ2n) is 9.52. The number of ether oxygens (including phenoxy) is 5. The van der Waals surface area contributed by atoms with E-state index < -0.39 is 11.9 Å². The number of para-hydroxylation sites is 1. The van der Waals surface area contributed by atoms with Crippen LogP contribution in [-0.4, -0.2) is 58.3 Å². The summed E-state index contributed by atoms with van der Waals surface area (Å²) < 4.78 is 28.3. The van der Waals surface area contributed by atoms with E-state index in [-0.39, 0.29) is 24.7 Å². The Morgan fingerprint density at radius 1 is 0.925 bits per heavy atom. The number of carbonyl (C=O) groups is 2. The predicted octanol–water partition coefficient (Wildman–Crippen LogP) is 5.38. The minimum absolute atomic E-state index is 0.0502. The van der Waals surface area contributed by atoms with Crippen LogP contribution in [-0.2, 0) is 14.3 Å². The monoisotopic (exact) mass is 567 g/mol. The fraction of sp³-hybridized carbons (Fsp3) is 0.419. The number of benzene rings is 2. The zero-order valence-corrected chi connectivity index (χ0v) is 24.7. The molecule has 1 aliphatic carbocycles. The summed E-state index contributed by atoms with van der Waals surface area (Å²) in [5.74, 6) is 2.37. The van der Waals surface area contributed by atoms with Crippen LogP contribution in [0.15, 0.2) is 58.9 Å². The van der Waals surface area contributed by atoms with Gasteiger partial charge in [0.25, 0.3) is 0 Å². The lowest BCUT2D eigenvalue weighted by atomic mass is 9.71. The molecule has 4 rings (SSSR count). The van der Waals surface area contributed by atoms with Gasteiger partial charge in [-0.2, -0.15) is 11.8 Å². The zero-order chi connectivity index (χ0) is 28.8. The van der Waals surface area contributed by atoms with Gasteiger partial charge in [-0.15, -0.1) is 0 Å². The Hall–Kier alpha value is -3.59. The molecule has 2 aromatic carbocycles. The topological polar surface area (TPSA) is 92.3 Å². The SMILES string of the molecule is CCSCCOC(=O)C1=C(C)NC2=C(C(=O)C[C@@H](c3ccccc3OC)C2)[C@@H]1c1ccc(OC)c(OC)c1OC. The first kappa shape index (κ1) is 29.4. The number of carbonyl (C=O) groups excluding carboxylic acids is 2. The van der Waals surface area contributed by atoms with Crippen LogP contribution in [0, 0.1) is 0 Å². The third-order valence-corrected chi connectivity index (χ3v) is 8.20. The van der Waals surface area contributed by atoms with Gasteiger partial charge < -0.3 is 29.0 Å². The maximum Gasteiger partial charge on any atom is 0.336 e. The van der Waals surface area contributed by atoms with Crippen LogP contribution in [0.3, 0.4) is 0 Å². The van der Waals surface area contributed by atoms with Gasteiger partial charge in [-0.3, -0.25) is 4.79 Å². The van der Waals surface area contributed by atoms with Crippen molar-refractivity contribution in [3.05, 3.63) is 70.1 Å². The number of Topliss-reactive ketones (excluding diaryl/α,β-unsaturated/α-hetero) is 1. The summed E-state index contributed by atoms with van der Waals surface area (Å²) in [5.41, 5.74) is 3.96. The van der Waals surface area contributed by atoms with Crippen molar-refractivity contribution < 1.29 is 33.3 Å². The summed E-state index contributed by atoms with van der Waals surface area (Å²) in [7, 11) is 6.25. The molecule has 0 saturated heterocycles. The lowest BCUT2D eigenvalue weighted by Gasteiger charge is -2.37. The van der Waals surface area contributed by atoms with E-state index in [2.05, 4.69) is 12.2 Å². The molecule has 0 amide bonds. The van der Waals surface area contributed by atoms with E-state index in [0.29, 0.717) is 51.8 Å². The highest BCUT2D eigenvalue weighted by Crippen LogP contribution is 2.51. The molecule has 0 fully saturated rings. The number of ketones is 1. The number of esters is 1. The fourth-order valence-corrected chi connectivity index (χ4v) is 6.10. The summed E-state index contributed by atoms with van der Waals surface area (Å²) >= 11 is 1.70. The van der Waals surface area contributed by atoms with Crippen molar-refractivity contribution in [3.8, 4) is 23.0 Å². The van der Waals surface area contributed by atoms with Crippen molar-refractivity contribution in [3.63, 3.8) is 0 Å². The molecule has 0 unspecified atom stereocenters. The summed E-state index contributed by atoms with van der Waals surface area (Å²) in [5, 5.41) is 3.40. The van der Waals surface area contributed by atoms with E-state index in [1.807, 2.05) is 37.3 Å². The van der Waals surface area contributed by atoms with E-state index in [0.717, 1.165) is 22.8 Å². The van der Waals surface area contributed by atoms with Crippen LogP contribution in [0.4, 0.5) is 0 Å².